The number of benzene rings is 1. The molecule has 1 aromatic carbocycles. The lowest BCUT2D eigenvalue weighted by Crippen LogP contribution is -2.47. The van der Waals surface area contributed by atoms with Crippen LogP contribution in [0.4, 0.5) is 4.79 Å². The highest BCUT2D eigenvalue weighted by Crippen LogP contribution is 2.06. The molecule has 1 aromatic rings. The fourth-order valence-corrected chi connectivity index (χ4v) is 2.01. The number of carbonyl (C=O) groups excluding carboxylic acids is 3. The van der Waals surface area contributed by atoms with Gasteiger partial charge in [0.25, 0.3) is 0 Å². The van der Waals surface area contributed by atoms with Crippen LogP contribution in [0.3, 0.4) is 0 Å². The summed E-state index contributed by atoms with van der Waals surface area (Å²) in [7, 11) is 0. The van der Waals surface area contributed by atoms with E-state index in [1.807, 2.05) is 30.3 Å². The highest BCUT2D eigenvalue weighted by molar-refractivity contribution is 5.85. The summed E-state index contributed by atoms with van der Waals surface area (Å²) in [6, 6.07) is 8.91. The molecule has 0 aliphatic carbocycles. The fraction of sp³-hybridized carbons (Fsp3) is 0.526. The Kier molecular flexibility index (Phi) is 8.61. The van der Waals surface area contributed by atoms with Crippen molar-refractivity contribution in [1.29, 1.82) is 0 Å². The van der Waals surface area contributed by atoms with Crippen molar-refractivity contribution in [2.75, 3.05) is 13.2 Å². The van der Waals surface area contributed by atoms with Gasteiger partial charge in [-0.2, -0.15) is 0 Å². The van der Waals surface area contributed by atoms with Gasteiger partial charge >= 0.3 is 12.1 Å². The lowest BCUT2D eigenvalue weighted by atomic mass is 10.1. The predicted molar refractivity (Wildman–Crippen MR) is 97.6 cm³/mol. The minimum Gasteiger partial charge on any atom is -0.464 e. The molecular weight excluding hydrogens is 336 g/mol. The van der Waals surface area contributed by atoms with E-state index >= 15 is 0 Å². The standard InChI is InChI=1S/C19H28N2O5/c1-14(21-18(24)26-19(2,3)4)17(23)20-12-13-25-16(22)11-10-15-8-6-5-7-9-15/h5-9,14H,10-13H2,1-4H3,(H,20,23)(H,21,24)/t14-/m0/s1. The van der Waals surface area contributed by atoms with E-state index in [1.165, 1.54) is 0 Å². The summed E-state index contributed by atoms with van der Waals surface area (Å²) in [5.41, 5.74) is 0.439. The highest BCUT2D eigenvalue weighted by atomic mass is 16.6. The number of carbonyl (C=O) groups is 3. The number of ether oxygens (including phenoxy) is 2. The van der Waals surface area contributed by atoms with Crippen LogP contribution in [-0.2, 0) is 25.5 Å². The average Bonchev–Trinajstić information content (AvgIpc) is 2.55. The minimum atomic E-state index is -0.751. The maximum atomic E-state index is 11.9. The first-order valence-electron chi connectivity index (χ1n) is 8.64. The van der Waals surface area contributed by atoms with Crippen molar-refractivity contribution in [2.45, 2.75) is 52.2 Å². The van der Waals surface area contributed by atoms with E-state index in [0.717, 1.165) is 5.56 Å². The van der Waals surface area contributed by atoms with E-state index in [1.54, 1.807) is 27.7 Å². The lowest BCUT2D eigenvalue weighted by Gasteiger charge is -2.21. The van der Waals surface area contributed by atoms with E-state index in [4.69, 9.17) is 9.47 Å². The van der Waals surface area contributed by atoms with Crippen molar-refractivity contribution >= 4 is 18.0 Å². The molecule has 7 nitrogen and oxygen atoms in total. The second-order valence-corrected chi connectivity index (χ2v) is 6.87. The first-order valence-corrected chi connectivity index (χ1v) is 8.64. The molecule has 0 aliphatic rings. The molecule has 1 atom stereocenters. The molecule has 144 valence electrons. The van der Waals surface area contributed by atoms with Gasteiger partial charge in [-0.1, -0.05) is 30.3 Å². The van der Waals surface area contributed by atoms with Crippen LogP contribution >= 0.6 is 0 Å². The second kappa shape index (κ2) is 10.4. The molecule has 0 spiro atoms. The van der Waals surface area contributed by atoms with Gasteiger partial charge in [0.15, 0.2) is 0 Å². The summed E-state index contributed by atoms with van der Waals surface area (Å²) < 4.78 is 10.2. The average molecular weight is 364 g/mol. The Hall–Kier alpha value is -2.57. The molecule has 0 saturated heterocycles. The van der Waals surface area contributed by atoms with Crippen molar-refractivity contribution in [2.24, 2.45) is 0 Å². The van der Waals surface area contributed by atoms with Crippen LogP contribution in [0.25, 0.3) is 0 Å². The van der Waals surface area contributed by atoms with Crippen LogP contribution in [0.5, 0.6) is 0 Å². The molecule has 2 amide bonds. The van der Waals surface area contributed by atoms with Gasteiger partial charge in [0.1, 0.15) is 18.2 Å². The quantitative estimate of drug-likeness (QED) is 0.545. The number of hydrogen-bond acceptors (Lipinski definition) is 5. The summed E-state index contributed by atoms with van der Waals surface area (Å²) in [6.07, 6.45) is 0.241. The molecule has 0 aliphatic heterocycles. The first-order chi connectivity index (χ1) is 12.2. The highest BCUT2D eigenvalue weighted by Gasteiger charge is 2.20. The fourth-order valence-electron chi connectivity index (χ4n) is 2.01. The van der Waals surface area contributed by atoms with Crippen LogP contribution in [0.2, 0.25) is 0 Å². The Balaban J connectivity index is 2.16. The van der Waals surface area contributed by atoms with Gasteiger partial charge in [-0.15, -0.1) is 0 Å². The Morgan fingerprint density at radius 3 is 2.38 bits per heavy atom. The maximum absolute atomic E-state index is 11.9. The molecule has 0 aromatic heterocycles. The van der Waals surface area contributed by atoms with Crippen LogP contribution < -0.4 is 10.6 Å². The molecule has 0 heterocycles. The third kappa shape index (κ3) is 9.66. The number of rotatable bonds is 8. The molecule has 1 rings (SSSR count). The molecule has 0 radical (unpaired) electrons. The summed E-state index contributed by atoms with van der Waals surface area (Å²) in [6.45, 7) is 7.02. The van der Waals surface area contributed by atoms with Crippen molar-refractivity contribution in [3.63, 3.8) is 0 Å². The lowest BCUT2D eigenvalue weighted by molar-refractivity contribution is -0.143. The van der Waals surface area contributed by atoms with E-state index in [-0.39, 0.29) is 31.4 Å². The van der Waals surface area contributed by atoms with Gasteiger partial charge in [-0.3, -0.25) is 9.59 Å². The third-order valence-corrected chi connectivity index (χ3v) is 3.25. The van der Waals surface area contributed by atoms with Crippen LogP contribution in [0, 0.1) is 0 Å². The van der Waals surface area contributed by atoms with Crippen LogP contribution in [-0.4, -0.2) is 42.8 Å². The smallest absolute Gasteiger partial charge is 0.408 e. The van der Waals surface area contributed by atoms with Crippen molar-refractivity contribution in [3.8, 4) is 0 Å². The van der Waals surface area contributed by atoms with E-state index < -0.39 is 17.7 Å². The van der Waals surface area contributed by atoms with Crippen LogP contribution in [0.15, 0.2) is 30.3 Å². The Labute approximate surface area is 154 Å². The van der Waals surface area contributed by atoms with Gasteiger partial charge < -0.3 is 20.1 Å². The summed E-state index contributed by atoms with van der Waals surface area (Å²) in [5.74, 6) is -0.695. The third-order valence-electron chi connectivity index (χ3n) is 3.25. The number of alkyl carbamates (subject to hydrolysis) is 1. The molecule has 0 fully saturated rings. The van der Waals surface area contributed by atoms with E-state index in [2.05, 4.69) is 10.6 Å². The molecule has 7 heteroatoms. The largest absolute Gasteiger partial charge is 0.464 e. The van der Waals surface area contributed by atoms with Crippen molar-refractivity contribution < 1.29 is 23.9 Å². The van der Waals surface area contributed by atoms with Gasteiger partial charge in [0.05, 0.1) is 6.54 Å². The van der Waals surface area contributed by atoms with Crippen LogP contribution in [0.1, 0.15) is 39.7 Å². The first kappa shape index (κ1) is 21.5. The Morgan fingerprint density at radius 2 is 1.77 bits per heavy atom. The zero-order chi connectivity index (χ0) is 19.6. The second-order valence-electron chi connectivity index (χ2n) is 6.87. The summed E-state index contributed by atoms with van der Waals surface area (Å²) in [5, 5.41) is 5.04. The number of amides is 2. The number of hydrogen-bond donors (Lipinski definition) is 2. The normalized spacial score (nSPS) is 12.0. The van der Waals surface area contributed by atoms with Crippen molar-refractivity contribution in [3.05, 3.63) is 35.9 Å². The molecule has 0 unspecified atom stereocenters. The monoisotopic (exact) mass is 364 g/mol. The zero-order valence-corrected chi connectivity index (χ0v) is 15.8. The molecular formula is C19H28N2O5. The minimum absolute atomic E-state index is 0.0819. The van der Waals surface area contributed by atoms with Gasteiger partial charge in [0.2, 0.25) is 5.91 Å². The zero-order valence-electron chi connectivity index (χ0n) is 15.8. The molecule has 0 saturated carbocycles. The number of aryl methyl sites for hydroxylation is 1. The summed E-state index contributed by atoms with van der Waals surface area (Å²) >= 11 is 0. The molecule has 2 N–H and O–H groups in total. The predicted octanol–water partition coefficient (Wildman–Crippen LogP) is 2.19. The maximum Gasteiger partial charge on any atom is 0.408 e. The topological polar surface area (TPSA) is 93.7 Å². The van der Waals surface area contributed by atoms with Crippen molar-refractivity contribution in [1.82, 2.24) is 10.6 Å². The Bertz CT molecular complexity index is 596. The molecule has 0 bridgehead atoms. The number of nitrogens with one attached hydrogen (secondary N) is 2. The van der Waals surface area contributed by atoms with E-state index in [9.17, 15) is 14.4 Å². The number of esters is 1. The van der Waals surface area contributed by atoms with E-state index in [0.29, 0.717) is 6.42 Å². The SMILES string of the molecule is C[C@H](NC(=O)OC(C)(C)C)C(=O)NCCOC(=O)CCc1ccccc1. The van der Waals surface area contributed by atoms with Gasteiger partial charge in [-0.25, -0.2) is 4.79 Å². The Morgan fingerprint density at radius 1 is 1.12 bits per heavy atom. The van der Waals surface area contributed by atoms with Gasteiger partial charge in [-0.05, 0) is 39.7 Å². The summed E-state index contributed by atoms with van der Waals surface area (Å²) in [4.78, 5) is 35.1. The van der Waals surface area contributed by atoms with Gasteiger partial charge in [0, 0.05) is 6.42 Å². The molecule has 26 heavy (non-hydrogen) atoms.